The lowest BCUT2D eigenvalue weighted by molar-refractivity contribution is -0.533. The van der Waals surface area contributed by atoms with Crippen LogP contribution in [0.3, 0.4) is 0 Å². The molecule has 0 aromatic rings. The molecule has 1 heterocycles. The molecule has 4 heteroatoms. The van der Waals surface area contributed by atoms with E-state index in [-0.39, 0.29) is 6.09 Å². The second kappa shape index (κ2) is 5.87. The normalized spacial score (nSPS) is 21.0. The lowest BCUT2D eigenvalue weighted by Crippen LogP contribution is -2.46. The summed E-state index contributed by atoms with van der Waals surface area (Å²) >= 11 is 0. The van der Waals surface area contributed by atoms with E-state index < -0.39 is 0 Å². The highest BCUT2D eigenvalue weighted by molar-refractivity contribution is 5.67. The van der Waals surface area contributed by atoms with E-state index in [1.54, 1.807) is 4.90 Å². The topological polar surface area (TPSA) is 32.5 Å². The van der Waals surface area contributed by atoms with Gasteiger partial charge in [-0.2, -0.15) is 0 Å². The maximum atomic E-state index is 11.7. The molecule has 92 valence electrons. The SMILES string of the molecule is C=[N+](C)C1CCCN(C(=O)OCC(C)C)C1. The Balaban J connectivity index is 2.41. The van der Waals surface area contributed by atoms with E-state index in [1.807, 2.05) is 25.5 Å². The number of hydrogen-bond donors (Lipinski definition) is 0. The van der Waals surface area contributed by atoms with Crippen molar-refractivity contribution in [2.75, 3.05) is 26.7 Å². The lowest BCUT2D eigenvalue weighted by Gasteiger charge is -2.29. The van der Waals surface area contributed by atoms with Gasteiger partial charge in [-0.25, -0.2) is 9.37 Å². The molecule has 1 saturated heterocycles. The Morgan fingerprint density at radius 2 is 2.31 bits per heavy atom. The first-order valence-corrected chi connectivity index (χ1v) is 5.95. The van der Waals surface area contributed by atoms with E-state index in [1.165, 1.54) is 0 Å². The molecule has 0 spiro atoms. The van der Waals surface area contributed by atoms with Crippen LogP contribution in [0.2, 0.25) is 0 Å². The number of amides is 1. The molecule has 0 aliphatic carbocycles. The first kappa shape index (κ1) is 13.0. The zero-order valence-electron chi connectivity index (χ0n) is 10.6. The molecule has 0 bridgehead atoms. The van der Waals surface area contributed by atoms with Gasteiger partial charge >= 0.3 is 6.09 Å². The second-order valence-corrected chi connectivity index (χ2v) is 4.97. The Kier molecular flexibility index (Phi) is 4.77. The number of carbonyl (C=O) groups is 1. The van der Waals surface area contributed by atoms with Gasteiger partial charge in [0.05, 0.1) is 13.2 Å². The quantitative estimate of drug-likeness (QED) is 0.542. The summed E-state index contributed by atoms with van der Waals surface area (Å²) in [6.45, 7) is 10.0. The predicted molar refractivity (Wildman–Crippen MR) is 64.1 cm³/mol. The fraction of sp³-hybridized carbons (Fsp3) is 0.833. The molecule has 0 saturated carbocycles. The summed E-state index contributed by atoms with van der Waals surface area (Å²) in [6, 6.07) is 0.361. The molecular weight excluding hydrogens is 204 g/mol. The molecule has 1 unspecified atom stereocenters. The number of rotatable bonds is 3. The molecule has 1 atom stereocenters. The Morgan fingerprint density at radius 3 is 2.88 bits per heavy atom. The number of likely N-dealkylation sites (tertiary alicyclic amines) is 1. The van der Waals surface area contributed by atoms with Crippen LogP contribution in [0.15, 0.2) is 0 Å². The van der Waals surface area contributed by atoms with Crippen LogP contribution in [0.5, 0.6) is 0 Å². The zero-order chi connectivity index (χ0) is 12.1. The summed E-state index contributed by atoms with van der Waals surface area (Å²) in [4.78, 5) is 13.5. The maximum Gasteiger partial charge on any atom is 0.410 e. The predicted octanol–water partition coefficient (Wildman–Crippen LogP) is 1.59. The van der Waals surface area contributed by atoms with Gasteiger partial charge in [0.25, 0.3) is 0 Å². The molecule has 1 amide bonds. The smallest absolute Gasteiger partial charge is 0.410 e. The van der Waals surface area contributed by atoms with Crippen LogP contribution in [0.1, 0.15) is 26.7 Å². The largest absolute Gasteiger partial charge is 0.449 e. The zero-order valence-corrected chi connectivity index (χ0v) is 10.6. The fourth-order valence-corrected chi connectivity index (χ4v) is 1.81. The van der Waals surface area contributed by atoms with Gasteiger partial charge in [-0.1, -0.05) is 13.8 Å². The van der Waals surface area contributed by atoms with Crippen LogP contribution < -0.4 is 0 Å². The molecule has 0 aromatic heterocycles. The van der Waals surface area contributed by atoms with E-state index in [2.05, 4.69) is 6.72 Å². The van der Waals surface area contributed by atoms with Crippen molar-refractivity contribution in [2.45, 2.75) is 32.7 Å². The maximum absolute atomic E-state index is 11.7. The van der Waals surface area contributed by atoms with Crippen molar-refractivity contribution >= 4 is 12.8 Å². The van der Waals surface area contributed by atoms with Crippen LogP contribution in [-0.2, 0) is 4.74 Å². The van der Waals surface area contributed by atoms with E-state index in [9.17, 15) is 4.79 Å². The average molecular weight is 227 g/mol. The standard InChI is InChI=1S/C12H23N2O2/c1-10(2)9-16-12(15)14-7-5-6-11(8-14)13(3)4/h10-11H,3,5-9H2,1-2,4H3/q+1. The third kappa shape index (κ3) is 3.83. The van der Waals surface area contributed by atoms with Gasteiger partial charge in [-0.05, 0) is 12.3 Å². The Bertz CT molecular complexity index is 264. The molecule has 1 fully saturated rings. The molecular formula is C12H23N2O2+. The summed E-state index contributed by atoms with van der Waals surface area (Å²) in [7, 11) is 1.95. The van der Waals surface area contributed by atoms with Crippen molar-refractivity contribution in [2.24, 2.45) is 5.92 Å². The highest BCUT2D eigenvalue weighted by Gasteiger charge is 2.28. The van der Waals surface area contributed by atoms with Crippen molar-refractivity contribution in [3.8, 4) is 0 Å². The summed E-state index contributed by atoms with van der Waals surface area (Å²) in [6.07, 6.45) is 1.95. The van der Waals surface area contributed by atoms with Gasteiger partial charge in [0.2, 0.25) is 0 Å². The number of piperidine rings is 1. The van der Waals surface area contributed by atoms with Gasteiger partial charge in [0.15, 0.2) is 6.04 Å². The summed E-state index contributed by atoms with van der Waals surface area (Å²) < 4.78 is 7.15. The van der Waals surface area contributed by atoms with Gasteiger partial charge in [0.1, 0.15) is 13.8 Å². The molecule has 0 radical (unpaired) electrons. The number of likely N-dealkylation sites (N-methyl/N-ethyl adjacent to an activating group) is 1. The van der Waals surface area contributed by atoms with Gasteiger partial charge in [0, 0.05) is 13.0 Å². The number of carbonyl (C=O) groups excluding carboxylic acids is 1. The minimum atomic E-state index is -0.180. The van der Waals surface area contributed by atoms with Crippen molar-refractivity contribution in [3.63, 3.8) is 0 Å². The van der Waals surface area contributed by atoms with Crippen molar-refractivity contribution in [3.05, 3.63) is 0 Å². The highest BCUT2D eigenvalue weighted by Crippen LogP contribution is 2.13. The fourth-order valence-electron chi connectivity index (χ4n) is 1.81. The van der Waals surface area contributed by atoms with Gasteiger partial charge in [-0.15, -0.1) is 0 Å². The van der Waals surface area contributed by atoms with Crippen molar-refractivity contribution in [1.29, 1.82) is 0 Å². The van der Waals surface area contributed by atoms with Crippen molar-refractivity contribution < 1.29 is 14.1 Å². The molecule has 0 N–H and O–H groups in total. The van der Waals surface area contributed by atoms with Gasteiger partial charge in [-0.3, -0.25) is 0 Å². The molecule has 16 heavy (non-hydrogen) atoms. The summed E-state index contributed by atoms with van der Waals surface area (Å²) in [5.74, 6) is 0.389. The molecule has 4 nitrogen and oxygen atoms in total. The van der Waals surface area contributed by atoms with Gasteiger partial charge < -0.3 is 9.64 Å². The van der Waals surface area contributed by atoms with Crippen LogP contribution in [-0.4, -0.2) is 55.1 Å². The van der Waals surface area contributed by atoms with Crippen molar-refractivity contribution in [1.82, 2.24) is 4.90 Å². The minimum Gasteiger partial charge on any atom is -0.449 e. The number of nitrogens with zero attached hydrogens (tertiary/aromatic N) is 2. The van der Waals surface area contributed by atoms with E-state index in [0.717, 1.165) is 25.9 Å². The first-order valence-electron chi connectivity index (χ1n) is 5.95. The van der Waals surface area contributed by atoms with E-state index in [4.69, 9.17) is 4.74 Å². The van der Waals surface area contributed by atoms with Crippen LogP contribution in [0.4, 0.5) is 4.79 Å². The minimum absolute atomic E-state index is 0.180. The summed E-state index contributed by atoms with van der Waals surface area (Å²) in [5.41, 5.74) is 0. The number of hydrogen-bond acceptors (Lipinski definition) is 2. The lowest BCUT2D eigenvalue weighted by atomic mass is 10.1. The highest BCUT2D eigenvalue weighted by atomic mass is 16.6. The number of ether oxygens (including phenoxy) is 1. The average Bonchev–Trinajstić information content (AvgIpc) is 2.26. The third-order valence-electron chi connectivity index (χ3n) is 2.82. The molecule has 1 aliphatic rings. The Labute approximate surface area is 97.9 Å². The second-order valence-electron chi connectivity index (χ2n) is 4.97. The van der Waals surface area contributed by atoms with Crippen LogP contribution in [0.25, 0.3) is 0 Å². The monoisotopic (exact) mass is 227 g/mol. The summed E-state index contributed by atoms with van der Waals surface area (Å²) in [5, 5.41) is 0. The van der Waals surface area contributed by atoms with Crippen LogP contribution in [0, 0.1) is 5.92 Å². The molecule has 0 aromatic carbocycles. The Hall–Kier alpha value is -1.06. The van der Waals surface area contributed by atoms with E-state index in [0.29, 0.717) is 18.6 Å². The molecule has 1 aliphatic heterocycles. The Morgan fingerprint density at radius 1 is 1.62 bits per heavy atom. The van der Waals surface area contributed by atoms with E-state index >= 15 is 0 Å². The molecule has 1 rings (SSSR count). The van der Waals surface area contributed by atoms with Crippen LogP contribution >= 0.6 is 0 Å². The third-order valence-corrected chi connectivity index (χ3v) is 2.82. The first-order chi connectivity index (χ1) is 7.50.